The van der Waals surface area contributed by atoms with Crippen molar-refractivity contribution in [3.05, 3.63) is 18.0 Å². The molecular formula is C15H28N4. The van der Waals surface area contributed by atoms with Crippen molar-refractivity contribution in [2.75, 3.05) is 13.1 Å². The Bertz CT molecular complexity index is 389. The maximum Gasteiger partial charge on any atom is 0.0538 e. The van der Waals surface area contributed by atoms with E-state index in [1.165, 1.54) is 38.8 Å². The average Bonchev–Trinajstić information content (AvgIpc) is 2.70. The first-order valence-corrected chi connectivity index (χ1v) is 7.58. The minimum absolute atomic E-state index is 0.00799. The molecule has 4 nitrogen and oxygen atoms in total. The topological polar surface area (TPSA) is 47.1 Å². The van der Waals surface area contributed by atoms with Crippen molar-refractivity contribution in [3.8, 4) is 0 Å². The van der Waals surface area contributed by atoms with Crippen LogP contribution in [0.5, 0.6) is 0 Å². The molecule has 2 N–H and O–H groups in total. The Morgan fingerprint density at radius 2 is 1.89 bits per heavy atom. The zero-order valence-electron chi connectivity index (χ0n) is 12.6. The zero-order valence-corrected chi connectivity index (χ0v) is 12.6. The van der Waals surface area contributed by atoms with E-state index in [-0.39, 0.29) is 11.6 Å². The number of nitrogens with two attached hydrogens (primary N) is 1. The third-order valence-corrected chi connectivity index (χ3v) is 4.52. The quantitative estimate of drug-likeness (QED) is 0.909. The molecule has 2 heterocycles. The summed E-state index contributed by atoms with van der Waals surface area (Å²) < 4.78 is 1.95. The SMILES string of the molecule is CCn1cc(C(N)C(C)(C)N2CCCCCC2)cn1. The Kier molecular flexibility index (Phi) is 4.63. The molecule has 0 radical (unpaired) electrons. The Balaban J connectivity index is 2.12. The smallest absolute Gasteiger partial charge is 0.0538 e. The first-order chi connectivity index (χ1) is 9.05. The summed E-state index contributed by atoms with van der Waals surface area (Å²) in [6.45, 7) is 9.88. The number of aryl methyl sites for hydroxylation is 1. The van der Waals surface area contributed by atoms with Gasteiger partial charge in [-0.2, -0.15) is 5.10 Å². The number of rotatable bonds is 4. The average molecular weight is 264 g/mol. The van der Waals surface area contributed by atoms with E-state index in [2.05, 4.69) is 37.0 Å². The second-order valence-electron chi connectivity index (χ2n) is 6.16. The van der Waals surface area contributed by atoms with Crippen LogP contribution >= 0.6 is 0 Å². The second kappa shape index (κ2) is 6.06. The van der Waals surface area contributed by atoms with Gasteiger partial charge in [0.2, 0.25) is 0 Å². The Labute approximate surface area is 117 Å². The van der Waals surface area contributed by atoms with Gasteiger partial charge in [-0.25, -0.2) is 0 Å². The van der Waals surface area contributed by atoms with Crippen molar-refractivity contribution in [2.45, 2.75) is 64.6 Å². The fraction of sp³-hybridized carbons (Fsp3) is 0.800. The molecule has 0 spiro atoms. The molecule has 1 fully saturated rings. The summed E-state index contributed by atoms with van der Waals surface area (Å²) in [7, 11) is 0. The third-order valence-electron chi connectivity index (χ3n) is 4.52. The molecule has 0 aromatic carbocycles. The van der Waals surface area contributed by atoms with Crippen LogP contribution in [0.2, 0.25) is 0 Å². The fourth-order valence-corrected chi connectivity index (χ4v) is 2.96. The van der Waals surface area contributed by atoms with Crippen molar-refractivity contribution in [1.82, 2.24) is 14.7 Å². The van der Waals surface area contributed by atoms with Crippen molar-refractivity contribution in [1.29, 1.82) is 0 Å². The highest BCUT2D eigenvalue weighted by atomic mass is 15.3. The standard InChI is InChI=1S/C15H28N4/c1-4-19-12-13(11-17-19)14(16)15(2,3)18-9-7-5-6-8-10-18/h11-12,14H,4-10,16H2,1-3H3. The molecule has 108 valence electrons. The molecule has 1 atom stereocenters. The first kappa shape index (κ1) is 14.5. The maximum atomic E-state index is 6.53. The minimum atomic E-state index is -0.00799. The molecule has 1 unspecified atom stereocenters. The molecule has 4 heteroatoms. The Morgan fingerprint density at radius 1 is 1.26 bits per heavy atom. The lowest BCUT2D eigenvalue weighted by Gasteiger charge is -2.42. The van der Waals surface area contributed by atoms with Crippen molar-refractivity contribution in [3.63, 3.8) is 0 Å². The van der Waals surface area contributed by atoms with Gasteiger partial charge >= 0.3 is 0 Å². The van der Waals surface area contributed by atoms with Crippen LogP contribution in [0, 0.1) is 0 Å². The molecule has 0 bridgehead atoms. The van der Waals surface area contributed by atoms with Gasteiger partial charge in [0.05, 0.1) is 12.2 Å². The van der Waals surface area contributed by atoms with Gasteiger partial charge < -0.3 is 5.73 Å². The lowest BCUT2D eigenvalue weighted by molar-refractivity contribution is 0.0980. The summed E-state index contributed by atoms with van der Waals surface area (Å²) in [5.74, 6) is 0. The molecular weight excluding hydrogens is 236 g/mol. The van der Waals surface area contributed by atoms with Crippen LogP contribution in [0.15, 0.2) is 12.4 Å². The highest BCUT2D eigenvalue weighted by Crippen LogP contribution is 2.30. The van der Waals surface area contributed by atoms with Gasteiger partial charge in [-0.3, -0.25) is 9.58 Å². The van der Waals surface area contributed by atoms with Crippen LogP contribution in [0.25, 0.3) is 0 Å². The van der Waals surface area contributed by atoms with Crippen LogP contribution < -0.4 is 5.73 Å². The molecule has 1 aromatic heterocycles. The van der Waals surface area contributed by atoms with Gasteiger partial charge in [0, 0.05) is 23.8 Å². The first-order valence-electron chi connectivity index (χ1n) is 7.58. The van der Waals surface area contributed by atoms with E-state index in [0.717, 1.165) is 12.1 Å². The number of likely N-dealkylation sites (tertiary alicyclic amines) is 1. The largest absolute Gasteiger partial charge is 0.322 e. The summed E-state index contributed by atoms with van der Waals surface area (Å²) in [5.41, 5.74) is 7.67. The number of hydrogen-bond acceptors (Lipinski definition) is 3. The Morgan fingerprint density at radius 3 is 2.42 bits per heavy atom. The number of aromatic nitrogens is 2. The number of nitrogens with zero attached hydrogens (tertiary/aromatic N) is 3. The third kappa shape index (κ3) is 3.18. The number of hydrogen-bond donors (Lipinski definition) is 1. The highest BCUT2D eigenvalue weighted by Gasteiger charge is 2.34. The van der Waals surface area contributed by atoms with Gasteiger partial charge in [0.25, 0.3) is 0 Å². The highest BCUT2D eigenvalue weighted by molar-refractivity contribution is 5.15. The summed E-state index contributed by atoms with van der Waals surface area (Å²) in [6, 6.07) is 0.0194. The molecule has 0 aliphatic carbocycles. The summed E-state index contributed by atoms with van der Waals surface area (Å²) in [4.78, 5) is 2.56. The van der Waals surface area contributed by atoms with Gasteiger partial charge in [-0.15, -0.1) is 0 Å². The maximum absolute atomic E-state index is 6.53. The van der Waals surface area contributed by atoms with E-state index in [4.69, 9.17) is 5.73 Å². The van der Waals surface area contributed by atoms with Crippen LogP contribution in [-0.2, 0) is 6.54 Å². The zero-order chi connectivity index (χ0) is 13.9. The van der Waals surface area contributed by atoms with Crippen molar-refractivity contribution in [2.24, 2.45) is 5.73 Å². The Hall–Kier alpha value is -0.870. The van der Waals surface area contributed by atoms with E-state index in [9.17, 15) is 0 Å². The van der Waals surface area contributed by atoms with Crippen LogP contribution in [-0.4, -0.2) is 33.3 Å². The molecule has 1 saturated heterocycles. The molecule has 19 heavy (non-hydrogen) atoms. The van der Waals surface area contributed by atoms with E-state index in [1.807, 2.05) is 10.9 Å². The van der Waals surface area contributed by atoms with Crippen LogP contribution in [0.1, 0.15) is 58.1 Å². The van der Waals surface area contributed by atoms with Crippen molar-refractivity contribution < 1.29 is 0 Å². The molecule has 0 amide bonds. The molecule has 0 saturated carbocycles. The van der Waals surface area contributed by atoms with Gasteiger partial charge in [0.1, 0.15) is 0 Å². The minimum Gasteiger partial charge on any atom is -0.322 e. The molecule has 1 aliphatic rings. The summed E-state index contributed by atoms with van der Waals surface area (Å²) in [5, 5.41) is 4.35. The monoisotopic (exact) mass is 264 g/mol. The lowest BCUT2D eigenvalue weighted by Crippen LogP contribution is -2.51. The second-order valence-corrected chi connectivity index (χ2v) is 6.16. The predicted octanol–water partition coefficient (Wildman–Crippen LogP) is 2.56. The van der Waals surface area contributed by atoms with E-state index in [1.54, 1.807) is 0 Å². The fourth-order valence-electron chi connectivity index (χ4n) is 2.96. The van der Waals surface area contributed by atoms with Crippen molar-refractivity contribution >= 4 is 0 Å². The van der Waals surface area contributed by atoms with E-state index < -0.39 is 0 Å². The van der Waals surface area contributed by atoms with Gasteiger partial charge in [0.15, 0.2) is 0 Å². The summed E-state index contributed by atoms with van der Waals surface area (Å²) in [6.07, 6.45) is 9.32. The molecule has 1 aromatic rings. The molecule has 2 rings (SSSR count). The summed E-state index contributed by atoms with van der Waals surface area (Å²) >= 11 is 0. The normalized spacial score (nSPS) is 20.2. The molecule has 1 aliphatic heterocycles. The predicted molar refractivity (Wildman–Crippen MR) is 78.9 cm³/mol. The van der Waals surface area contributed by atoms with E-state index in [0.29, 0.717) is 0 Å². The van der Waals surface area contributed by atoms with Crippen LogP contribution in [0.3, 0.4) is 0 Å². The lowest BCUT2D eigenvalue weighted by atomic mass is 9.89. The van der Waals surface area contributed by atoms with Gasteiger partial charge in [-0.05, 0) is 46.7 Å². The van der Waals surface area contributed by atoms with Crippen LogP contribution in [0.4, 0.5) is 0 Å². The van der Waals surface area contributed by atoms with Gasteiger partial charge in [-0.1, -0.05) is 12.8 Å². The van der Waals surface area contributed by atoms with E-state index >= 15 is 0 Å².